The Labute approximate surface area is 147 Å². The number of rotatable bonds is 7. The first-order valence-corrected chi connectivity index (χ1v) is 12.2. The summed E-state index contributed by atoms with van der Waals surface area (Å²) >= 11 is 0. The summed E-state index contributed by atoms with van der Waals surface area (Å²) in [6.07, 6.45) is 3.57. The highest BCUT2D eigenvalue weighted by molar-refractivity contribution is 6.78. The van der Waals surface area contributed by atoms with Crippen molar-refractivity contribution in [2.24, 2.45) is 0 Å². The Balaban J connectivity index is 4.48. The fourth-order valence-corrected chi connectivity index (χ4v) is 2.70. The fourth-order valence-electron chi connectivity index (χ4n) is 1.68. The van der Waals surface area contributed by atoms with E-state index < -0.39 is 25.7 Å². The molecular weight excluding hydrogens is 322 g/mol. The van der Waals surface area contributed by atoms with Crippen LogP contribution in [0, 0.1) is 11.8 Å². The third-order valence-corrected chi connectivity index (χ3v) is 4.79. The Morgan fingerprint density at radius 1 is 1.17 bits per heavy atom. The molecule has 0 aliphatic heterocycles. The van der Waals surface area contributed by atoms with Gasteiger partial charge in [0, 0.05) is 6.42 Å². The van der Waals surface area contributed by atoms with Gasteiger partial charge in [-0.15, -0.1) is 0 Å². The van der Waals surface area contributed by atoms with Crippen molar-refractivity contribution in [1.82, 2.24) is 5.32 Å². The van der Waals surface area contributed by atoms with Crippen LogP contribution in [0.25, 0.3) is 0 Å². The first-order chi connectivity index (χ1) is 11.0. The standard InChI is InChI=1S/C18H33NO4Si/c1-8-9-10-11-12-13-16(24(5,6)7)22-15(20)14-19-17(21)23-18(2,3)4/h16H,8-11,14H2,1-7H3,(H,19,21). The molecule has 0 saturated carbocycles. The van der Waals surface area contributed by atoms with Crippen LogP contribution in [0.5, 0.6) is 0 Å². The number of alkyl carbamates (subject to hydrolysis) is 1. The molecule has 138 valence electrons. The molecule has 0 aliphatic carbocycles. The van der Waals surface area contributed by atoms with Crippen molar-refractivity contribution >= 4 is 20.1 Å². The Hall–Kier alpha value is -1.48. The molecule has 1 unspecified atom stereocenters. The van der Waals surface area contributed by atoms with Gasteiger partial charge in [0.05, 0.1) is 0 Å². The zero-order valence-corrected chi connectivity index (χ0v) is 17.2. The van der Waals surface area contributed by atoms with Crippen molar-refractivity contribution in [3.63, 3.8) is 0 Å². The second kappa shape index (κ2) is 10.4. The van der Waals surface area contributed by atoms with E-state index in [1.54, 1.807) is 20.8 Å². The van der Waals surface area contributed by atoms with Gasteiger partial charge in [-0.25, -0.2) is 4.79 Å². The van der Waals surface area contributed by atoms with E-state index in [0.29, 0.717) is 0 Å². The lowest BCUT2D eigenvalue weighted by atomic mass is 10.2. The second-order valence-electron chi connectivity index (χ2n) is 7.87. The maximum absolute atomic E-state index is 12.0. The molecule has 0 bridgehead atoms. The average Bonchev–Trinajstić information content (AvgIpc) is 2.40. The molecule has 0 fully saturated rings. The Morgan fingerprint density at radius 2 is 1.79 bits per heavy atom. The first-order valence-electron chi connectivity index (χ1n) is 8.60. The summed E-state index contributed by atoms with van der Waals surface area (Å²) in [6, 6.07) is 0. The number of hydrogen-bond donors (Lipinski definition) is 1. The normalized spacial score (nSPS) is 12.6. The van der Waals surface area contributed by atoms with Crippen molar-refractivity contribution in [2.75, 3.05) is 6.54 Å². The lowest BCUT2D eigenvalue weighted by Crippen LogP contribution is -2.43. The molecule has 0 aromatic carbocycles. The van der Waals surface area contributed by atoms with Crippen LogP contribution in [0.3, 0.4) is 0 Å². The predicted molar refractivity (Wildman–Crippen MR) is 99.4 cm³/mol. The molecule has 6 heteroatoms. The van der Waals surface area contributed by atoms with Gasteiger partial charge in [-0.3, -0.25) is 4.79 Å². The first kappa shape index (κ1) is 22.5. The molecule has 24 heavy (non-hydrogen) atoms. The topological polar surface area (TPSA) is 64.6 Å². The summed E-state index contributed by atoms with van der Waals surface area (Å²) in [5.74, 6) is 5.73. The predicted octanol–water partition coefficient (Wildman–Crippen LogP) is 3.88. The number of esters is 1. The third-order valence-electron chi connectivity index (χ3n) is 2.95. The van der Waals surface area contributed by atoms with E-state index >= 15 is 0 Å². The van der Waals surface area contributed by atoms with E-state index in [-0.39, 0.29) is 12.3 Å². The second-order valence-corrected chi connectivity index (χ2v) is 13.1. The van der Waals surface area contributed by atoms with Gasteiger partial charge in [0.15, 0.2) is 0 Å². The molecule has 0 heterocycles. The maximum Gasteiger partial charge on any atom is 0.408 e. The van der Waals surface area contributed by atoms with E-state index in [1.807, 2.05) is 0 Å². The van der Waals surface area contributed by atoms with Crippen LogP contribution in [0.1, 0.15) is 53.4 Å². The third kappa shape index (κ3) is 12.0. The minimum absolute atomic E-state index is 0.215. The van der Waals surface area contributed by atoms with Gasteiger partial charge >= 0.3 is 12.1 Å². The van der Waals surface area contributed by atoms with Crippen LogP contribution < -0.4 is 5.32 Å². The number of carbonyl (C=O) groups is 2. The van der Waals surface area contributed by atoms with Gasteiger partial charge in [0.1, 0.15) is 25.9 Å². The van der Waals surface area contributed by atoms with E-state index in [2.05, 4.69) is 43.7 Å². The summed E-state index contributed by atoms with van der Waals surface area (Å²) in [7, 11) is -1.77. The maximum atomic E-state index is 12.0. The minimum Gasteiger partial charge on any atom is -0.452 e. The highest BCUT2D eigenvalue weighted by Gasteiger charge is 2.29. The smallest absolute Gasteiger partial charge is 0.408 e. The number of unbranched alkanes of at least 4 members (excludes halogenated alkanes) is 3. The summed E-state index contributed by atoms with van der Waals surface area (Å²) in [5, 5.41) is 2.41. The monoisotopic (exact) mass is 355 g/mol. The molecule has 1 atom stereocenters. The Bertz CT molecular complexity index is 466. The van der Waals surface area contributed by atoms with Crippen molar-refractivity contribution in [2.45, 2.75) is 84.3 Å². The number of hydrogen-bond acceptors (Lipinski definition) is 4. The number of ether oxygens (including phenoxy) is 2. The van der Waals surface area contributed by atoms with Crippen LogP contribution in [-0.2, 0) is 14.3 Å². The van der Waals surface area contributed by atoms with Crippen LogP contribution in [-0.4, -0.2) is 38.0 Å². The van der Waals surface area contributed by atoms with Gasteiger partial charge in [0.25, 0.3) is 0 Å². The lowest BCUT2D eigenvalue weighted by molar-refractivity contribution is -0.142. The molecular formula is C18H33NO4Si. The molecule has 0 saturated heterocycles. The van der Waals surface area contributed by atoms with Crippen molar-refractivity contribution in [1.29, 1.82) is 0 Å². The molecule has 1 amide bonds. The quantitative estimate of drug-likeness (QED) is 0.326. The van der Waals surface area contributed by atoms with Crippen LogP contribution in [0.15, 0.2) is 0 Å². The largest absolute Gasteiger partial charge is 0.452 e. The van der Waals surface area contributed by atoms with Gasteiger partial charge < -0.3 is 14.8 Å². The molecule has 0 spiro atoms. The number of nitrogens with one attached hydrogen (secondary N) is 1. The Kier molecular flexibility index (Phi) is 9.75. The molecule has 0 aliphatic rings. The minimum atomic E-state index is -1.77. The fraction of sp³-hybridized carbons (Fsp3) is 0.778. The number of carbonyl (C=O) groups excluding carboxylic acids is 2. The summed E-state index contributed by atoms with van der Waals surface area (Å²) in [6.45, 7) is 13.5. The molecule has 0 radical (unpaired) electrons. The summed E-state index contributed by atoms with van der Waals surface area (Å²) < 4.78 is 10.6. The highest BCUT2D eigenvalue weighted by atomic mass is 28.3. The van der Waals surface area contributed by atoms with E-state index in [9.17, 15) is 9.59 Å². The summed E-state index contributed by atoms with van der Waals surface area (Å²) in [5.41, 5.74) is -0.967. The summed E-state index contributed by atoms with van der Waals surface area (Å²) in [4.78, 5) is 23.5. The molecule has 0 rings (SSSR count). The number of amides is 1. The zero-order chi connectivity index (χ0) is 18.8. The van der Waals surface area contributed by atoms with E-state index in [4.69, 9.17) is 9.47 Å². The van der Waals surface area contributed by atoms with Crippen LogP contribution in [0.2, 0.25) is 19.6 Å². The van der Waals surface area contributed by atoms with Gasteiger partial charge in [0.2, 0.25) is 0 Å². The SMILES string of the molecule is CCCCCC#CC(OC(=O)CNC(=O)OC(C)(C)C)[Si](C)(C)C. The zero-order valence-electron chi connectivity index (χ0n) is 16.2. The van der Waals surface area contributed by atoms with Crippen LogP contribution in [0.4, 0.5) is 4.79 Å². The van der Waals surface area contributed by atoms with E-state index in [1.165, 1.54) is 0 Å². The van der Waals surface area contributed by atoms with Gasteiger partial charge in [-0.2, -0.15) is 0 Å². The van der Waals surface area contributed by atoms with Crippen LogP contribution >= 0.6 is 0 Å². The lowest BCUT2D eigenvalue weighted by Gasteiger charge is -2.24. The average molecular weight is 356 g/mol. The Morgan fingerprint density at radius 3 is 2.29 bits per heavy atom. The highest BCUT2D eigenvalue weighted by Crippen LogP contribution is 2.12. The van der Waals surface area contributed by atoms with Gasteiger partial charge in [-0.05, 0) is 27.2 Å². The van der Waals surface area contributed by atoms with Crippen molar-refractivity contribution < 1.29 is 19.1 Å². The molecule has 1 N–H and O–H groups in total. The molecule has 0 aromatic rings. The van der Waals surface area contributed by atoms with E-state index in [0.717, 1.165) is 25.7 Å². The molecule has 5 nitrogen and oxygen atoms in total. The van der Waals surface area contributed by atoms with Crippen molar-refractivity contribution in [3.8, 4) is 11.8 Å². The van der Waals surface area contributed by atoms with Gasteiger partial charge in [-0.1, -0.05) is 51.2 Å². The molecule has 0 aromatic heterocycles. The van der Waals surface area contributed by atoms with Crippen molar-refractivity contribution in [3.05, 3.63) is 0 Å².